The molecule has 4 nitrogen and oxygen atoms in total. The van der Waals surface area contributed by atoms with Crippen LogP contribution in [0.4, 0.5) is 0 Å². The van der Waals surface area contributed by atoms with Crippen molar-refractivity contribution in [2.24, 2.45) is 15.0 Å². The Kier molecular flexibility index (Phi) is 2.77. The van der Waals surface area contributed by atoms with Gasteiger partial charge in [-0.2, -0.15) is 0 Å². The summed E-state index contributed by atoms with van der Waals surface area (Å²) < 4.78 is 0. The number of aliphatic imine (C=N–C) groups is 3. The van der Waals surface area contributed by atoms with Gasteiger partial charge >= 0.3 is 0 Å². The zero-order chi connectivity index (χ0) is 8.10. The van der Waals surface area contributed by atoms with Crippen LogP contribution < -0.4 is 0 Å². The van der Waals surface area contributed by atoms with E-state index in [4.69, 9.17) is 0 Å². The molecule has 0 saturated carbocycles. The average Bonchev–Trinajstić information content (AvgIpc) is 2.06. The number of hydrogen-bond donors (Lipinski definition) is 0. The highest BCUT2D eigenvalue weighted by Crippen LogP contribution is 1.87. The third kappa shape index (κ3) is 2.93. The molecule has 1 unspecified atom stereocenters. The van der Waals surface area contributed by atoms with Gasteiger partial charge in [0.2, 0.25) is 0 Å². The van der Waals surface area contributed by atoms with Crippen molar-refractivity contribution in [1.29, 1.82) is 0 Å². The van der Waals surface area contributed by atoms with Crippen LogP contribution in [0, 0.1) is 0 Å². The number of nitrogens with zero attached hydrogens (tertiary/aromatic N) is 4. The van der Waals surface area contributed by atoms with Crippen molar-refractivity contribution in [2.75, 3.05) is 13.7 Å². The molecular weight excluding hydrogens is 140 g/mol. The summed E-state index contributed by atoms with van der Waals surface area (Å²) in [4.78, 5) is 14.1. The first-order valence-corrected chi connectivity index (χ1v) is 3.54. The Morgan fingerprint density at radius 3 is 3.18 bits per heavy atom. The fourth-order valence-corrected chi connectivity index (χ4v) is 0.669. The van der Waals surface area contributed by atoms with Crippen molar-refractivity contribution in [3.8, 4) is 0 Å². The standard InChI is InChI=1S/C7H12N4/c1-7-3-8-4-9-5-11(2)6-10-7/h3-4,6-7H,5H2,1-2H3. The van der Waals surface area contributed by atoms with Crippen LogP contribution in [0.5, 0.6) is 0 Å². The SMILES string of the molecule is CC1C=NC=NCN(C)C=N1. The van der Waals surface area contributed by atoms with Crippen LogP contribution in [0.1, 0.15) is 6.92 Å². The maximum atomic E-state index is 4.20. The molecule has 0 spiro atoms. The molecule has 60 valence electrons. The molecule has 0 radical (unpaired) electrons. The molecule has 4 heteroatoms. The van der Waals surface area contributed by atoms with E-state index >= 15 is 0 Å². The molecule has 1 aliphatic heterocycles. The predicted octanol–water partition coefficient (Wildman–Crippen LogP) is 0.405. The van der Waals surface area contributed by atoms with Gasteiger partial charge in [0.15, 0.2) is 0 Å². The summed E-state index contributed by atoms with van der Waals surface area (Å²) in [6, 6.07) is 0.141. The van der Waals surface area contributed by atoms with Crippen molar-refractivity contribution < 1.29 is 0 Å². The molecule has 0 aromatic heterocycles. The predicted molar refractivity (Wildman–Crippen MR) is 47.6 cm³/mol. The minimum absolute atomic E-state index is 0.141. The van der Waals surface area contributed by atoms with E-state index in [1.165, 1.54) is 0 Å². The van der Waals surface area contributed by atoms with Crippen molar-refractivity contribution in [2.45, 2.75) is 13.0 Å². The summed E-state index contributed by atoms with van der Waals surface area (Å²) >= 11 is 0. The Morgan fingerprint density at radius 2 is 2.36 bits per heavy atom. The second-order valence-corrected chi connectivity index (χ2v) is 2.50. The summed E-state index contributed by atoms with van der Waals surface area (Å²) in [6.45, 7) is 2.60. The smallest absolute Gasteiger partial charge is 0.112 e. The maximum absolute atomic E-state index is 4.20. The van der Waals surface area contributed by atoms with Gasteiger partial charge in [-0.25, -0.2) is 4.99 Å². The second kappa shape index (κ2) is 3.85. The molecule has 0 aromatic carbocycles. The summed E-state index contributed by atoms with van der Waals surface area (Å²) in [5.74, 6) is 0. The maximum Gasteiger partial charge on any atom is 0.112 e. The largest absolute Gasteiger partial charge is 0.347 e. The first-order chi connectivity index (χ1) is 5.29. The van der Waals surface area contributed by atoms with Gasteiger partial charge < -0.3 is 4.90 Å². The quantitative estimate of drug-likeness (QED) is 0.495. The van der Waals surface area contributed by atoms with Crippen molar-refractivity contribution in [3.63, 3.8) is 0 Å². The monoisotopic (exact) mass is 152 g/mol. The lowest BCUT2D eigenvalue weighted by Crippen LogP contribution is -2.16. The van der Waals surface area contributed by atoms with Crippen molar-refractivity contribution in [1.82, 2.24) is 4.90 Å². The number of hydrogen-bond acceptors (Lipinski definition) is 4. The molecule has 0 aromatic rings. The molecule has 1 heterocycles. The van der Waals surface area contributed by atoms with Crippen molar-refractivity contribution >= 4 is 18.9 Å². The van der Waals surface area contributed by atoms with E-state index in [9.17, 15) is 0 Å². The molecular formula is C7H12N4. The molecule has 11 heavy (non-hydrogen) atoms. The van der Waals surface area contributed by atoms with E-state index in [1.54, 1.807) is 18.9 Å². The van der Waals surface area contributed by atoms with Gasteiger partial charge in [-0.3, -0.25) is 9.98 Å². The minimum Gasteiger partial charge on any atom is -0.347 e. The lowest BCUT2D eigenvalue weighted by molar-refractivity contribution is 0.537. The molecule has 0 amide bonds. The highest BCUT2D eigenvalue weighted by atomic mass is 15.2. The molecule has 1 rings (SSSR count). The van der Waals surface area contributed by atoms with Gasteiger partial charge in [0.1, 0.15) is 13.0 Å². The summed E-state index contributed by atoms with van der Waals surface area (Å²) in [5.41, 5.74) is 0. The van der Waals surface area contributed by atoms with Gasteiger partial charge in [-0.1, -0.05) is 0 Å². The molecule has 1 atom stereocenters. The lowest BCUT2D eigenvalue weighted by atomic mass is 10.4. The number of rotatable bonds is 0. The van der Waals surface area contributed by atoms with Gasteiger partial charge in [-0.15, -0.1) is 0 Å². The minimum atomic E-state index is 0.141. The topological polar surface area (TPSA) is 40.3 Å². The van der Waals surface area contributed by atoms with E-state index in [0.717, 1.165) is 0 Å². The Bertz CT molecular complexity index is 195. The Morgan fingerprint density at radius 1 is 1.55 bits per heavy atom. The molecule has 0 N–H and O–H groups in total. The van der Waals surface area contributed by atoms with E-state index in [2.05, 4.69) is 15.0 Å². The highest BCUT2D eigenvalue weighted by Gasteiger charge is 1.94. The van der Waals surface area contributed by atoms with Gasteiger partial charge in [0, 0.05) is 13.3 Å². The van der Waals surface area contributed by atoms with Crippen LogP contribution in [0.3, 0.4) is 0 Å². The fourth-order valence-electron chi connectivity index (χ4n) is 0.669. The van der Waals surface area contributed by atoms with Crippen LogP contribution in [0.25, 0.3) is 0 Å². The summed E-state index contributed by atoms with van der Waals surface area (Å²) in [6.07, 6.45) is 5.10. The Hall–Kier alpha value is -1.19. The van der Waals surface area contributed by atoms with Crippen LogP contribution >= 0.6 is 0 Å². The molecule has 0 fully saturated rings. The molecule has 0 saturated heterocycles. The van der Waals surface area contributed by atoms with E-state index in [0.29, 0.717) is 6.67 Å². The van der Waals surface area contributed by atoms with Crippen LogP contribution in [-0.2, 0) is 0 Å². The van der Waals surface area contributed by atoms with Gasteiger partial charge in [0.05, 0.1) is 12.4 Å². The third-order valence-electron chi connectivity index (χ3n) is 1.25. The van der Waals surface area contributed by atoms with Gasteiger partial charge in [-0.05, 0) is 6.92 Å². The first-order valence-electron chi connectivity index (χ1n) is 3.54. The van der Waals surface area contributed by atoms with E-state index in [-0.39, 0.29) is 6.04 Å². The zero-order valence-corrected chi connectivity index (χ0v) is 6.81. The summed E-state index contributed by atoms with van der Waals surface area (Å²) in [7, 11) is 1.93. The normalized spacial score (nSPS) is 24.5. The highest BCUT2D eigenvalue weighted by molar-refractivity contribution is 5.77. The van der Waals surface area contributed by atoms with Gasteiger partial charge in [0.25, 0.3) is 0 Å². The van der Waals surface area contributed by atoms with Crippen LogP contribution in [0.2, 0.25) is 0 Å². The lowest BCUT2D eigenvalue weighted by Gasteiger charge is -2.07. The molecule has 0 aliphatic carbocycles. The second-order valence-electron chi connectivity index (χ2n) is 2.50. The molecule has 0 bridgehead atoms. The zero-order valence-electron chi connectivity index (χ0n) is 6.81. The average molecular weight is 152 g/mol. The Labute approximate surface area is 66.4 Å². The first kappa shape index (κ1) is 7.91. The van der Waals surface area contributed by atoms with Crippen LogP contribution in [0.15, 0.2) is 15.0 Å². The van der Waals surface area contributed by atoms with Crippen molar-refractivity contribution in [3.05, 3.63) is 0 Å². The summed E-state index contributed by atoms with van der Waals surface area (Å²) in [5, 5.41) is 0. The fraction of sp³-hybridized carbons (Fsp3) is 0.571. The Balaban J connectivity index is 2.64. The third-order valence-corrected chi connectivity index (χ3v) is 1.25. The molecule has 1 aliphatic rings. The van der Waals surface area contributed by atoms with E-state index in [1.807, 2.05) is 18.9 Å². The van der Waals surface area contributed by atoms with Crippen LogP contribution in [-0.4, -0.2) is 43.5 Å². The van der Waals surface area contributed by atoms with E-state index < -0.39 is 0 Å².